The first kappa shape index (κ1) is 28.0. The van der Waals surface area contributed by atoms with Crippen molar-refractivity contribution in [1.82, 2.24) is 9.38 Å². The molecule has 0 saturated heterocycles. The number of aliphatic hydroxyl groups is 2. The second-order valence-electron chi connectivity index (χ2n) is 10.7. The van der Waals surface area contributed by atoms with Crippen LogP contribution in [-0.2, 0) is 12.0 Å². The van der Waals surface area contributed by atoms with E-state index in [1.165, 1.54) is 0 Å². The number of aliphatic hydroxyl groups excluding tert-OH is 1. The van der Waals surface area contributed by atoms with Crippen LogP contribution in [0.3, 0.4) is 0 Å². The predicted molar refractivity (Wildman–Crippen MR) is 151 cm³/mol. The van der Waals surface area contributed by atoms with Gasteiger partial charge in [-0.1, -0.05) is 30.3 Å². The maximum absolute atomic E-state index is 13.1. The summed E-state index contributed by atoms with van der Waals surface area (Å²) in [6, 6.07) is 18.9. The van der Waals surface area contributed by atoms with Crippen LogP contribution in [0.25, 0.3) is 16.9 Å². The van der Waals surface area contributed by atoms with Crippen LogP contribution in [0.4, 0.5) is 0 Å². The van der Waals surface area contributed by atoms with Crippen LogP contribution in [0.5, 0.6) is 5.75 Å². The maximum atomic E-state index is 13.1. The van der Waals surface area contributed by atoms with Crippen LogP contribution in [0, 0.1) is 17.2 Å². The van der Waals surface area contributed by atoms with E-state index in [1.807, 2.05) is 67.0 Å². The Bertz CT molecular complexity index is 1490. The van der Waals surface area contributed by atoms with E-state index in [0.29, 0.717) is 35.4 Å². The van der Waals surface area contributed by atoms with E-state index in [2.05, 4.69) is 6.07 Å². The molecule has 2 aromatic carbocycles. The molecule has 0 radical (unpaired) electrons. The number of nitriles is 1. The molecule has 202 valence electrons. The third-order valence-corrected chi connectivity index (χ3v) is 6.71. The summed E-state index contributed by atoms with van der Waals surface area (Å²) in [6.07, 6.45) is 5.19. The third-order valence-electron chi connectivity index (χ3n) is 6.71. The molecule has 0 unspecified atom stereocenters. The number of aromatic nitrogens is 2. The monoisotopic (exact) mass is 525 g/mol. The lowest BCUT2D eigenvalue weighted by atomic mass is 9.89. The zero-order valence-corrected chi connectivity index (χ0v) is 22.9. The fraction of sp³-hybridized carbons (Fsp3) is 0.344. The van der Waals surface area contributed by atoms with Crippen molar-refractivity contribution in [3.05, 3.63) is 89.2 Å². The van der Waals surface area contributed by atoms with Crippen molar-refractivity contribution in [3.8, 4) is 23.1 Å². The summed E-state index contributed by atoms with van der Waals surface area (Å²) in [5.74, 6) is 0.359. The Labute approximate surface area is 229 Å². The number of ketones is 1. The highest BCUT2D eigenvalue weighted by molar-refractivity contribution is 5.96. The van der Waals surface area contributed by atoms with Crippen LogP contribution in [0.2, 0.25) is 0 Å². The van der Waals surface area contributed by atoms with Gasteiger partial charge in [-0.05, 0) is 76.3 Å². The summed E-state index contributed by atoms with van der Waals surface area (Å²) in [4.78, 5) is 17.9. The quantitative estimate of drug-likeness (QED) is 0.243. The van der Waals surface area contributed by atoms with Gasteiger partial charge in [0.1, 0.15) is 17.5 Å². The number of pyridine rings is 1. The molecule has 0 aliphatic rings. The molecule has 0 bridgehead atoms. The molecule has 0 fully saturated rings. The second kappa shape index (κ2) is 11.8. The van der Waals surface area contributed by atoms with Crippen LogP contribution in [0.15, 0.2) is 67.0 Å². The molecule has 0 amide bonds. The van der Waals surface area contributed by atoms with Crippen molar-refractivity contribution in [2.24, 2.45) is 5.92 Å². The highest BCUT2D eigenvalue weighted by Gasteiger charge is 2.21. The van der Waals surface area contributed by atoms with Gasteiger partial charge in [0, 0.05) is 42.1 Å². The minimum absolute atomic E-state index is 0.00850. The van der Waals surface area contributed by atoms with Crippen LogP contribution in [-0.4, -0.2) is 38.1 Å². The average molecular weight is 526 g/mol. The van der Waals surface area contributed by atoms with Gasteiger partial charge in [-0.15, -0.1) is 0 Å². The zero-order chi connectivity index (χ0) is 28.2. The number of hydrogen-bond acceptors (Lipinski definition) is 6. The number of fused-ring (bicyclic) bond motifs is 1. The minimum atomic E-state index is -1.01. The molecule has 7 nitrogen and oxygen atoms in total. The SMILES string of the molecule is CC(C)Oc1ccc(C(=O)C[C@H](CCO)Cc2ccc(-c3cn4cccc(C(C)(C)O)c4n3)cc2)cc1C#N. The Morgan fingerprint density at radius 1 is 1.15 bits per heavy atom. The number of benzene rings is 2. The van der Waals surface area contributed by atoms with Gasteiger partial charge in [0.2, 0.25) is 0 Å². The maximum Gasteiger partial charge on any atom is 0.163 e. The predicted octanol–water partition coefficient (Wildman–Crippen LogP) is 5.70. The van der Waals surface area contributed by atoms with Gasteiger partial charge < -0.3 is 19.4 Å². The van der Waals surface area contributed by atoms with Crippen molar-refractivity contribution in [2.45, 2.75) is 58.7 Å². The van der Waals surface area contributed by atoms with Crippen molar-refractivity contribution in [2.75, 3.05) is 6.61 Å². The van der Waals surface area contributed by atoms with Gasteiger partial charge in [0.25, 0.3) is 0 Å². The fourth-order valence-corrected chi connectivity index (χ4v) is 4.76. The van der Waals surface area contributed by atoms with Crippen LogP contribution in [0.1, 0.15) is 67.6 Å². The van der Waals surface area contributed by atoms with E-state index in [0.717, 1.165) is 22.4 Å². The standard InChI is InChI=1S/C32H35N3O4/c1-21(2)39-30-12-11-25(18-26(30)19-33)29(37)17-23(13-15-36)16-22-7-9-24(10-8-22)28-20-35-14-5-6-27(31(35)34-28)32(3,4)38/h5-12,14,18,20-21,23,36,38H,13,15-17H2,1-4H3/t23-/m1/s1. The number of rotatable bonds is 11. The molecule has 2 heterocycles. The van der Waals surface area contributed by atoms with Crippen LogP contribution < -0.4 is 4.74 Å². The molecule has 0 aliphatic carbocycles. The number of imidazole rings is 1. The molecule has 0 saturated carbocycles. The Morgan fingerprint density at radius 2 is 1.90 bits per heavy atom. The van der Waals surface area contributed by atoms with Crippen molar-refractivity contribution in [1.29, 1.82) is 5.26 Å². The first-order valence-electron chi connectivity index (χ1n) is 13.2. The van der Waals surface area contributed by atoms with Gasteiger partial charge in [-0.3, -0.25) is 4.79 Å². The van der Waals surface area contributed by atoms with Gasteiger partial charge in [0.05, 0.1) is 23.0 Å². The van der Waals surface area contributed by atoms with Gasteiger partial charge >= 0.3 is 0 Å². The van der Waals surface area contributed by atoms with E-state index in [9.17, 15) is 20.3 Å². The molecule has 2 aromatic heterocycles. The van der Waals surface area contributed by atoms with Crippen molar-refractivity contribution < 1.29 is 19.7 Å². The Morgan fingerprint density at radius 3 is 2.54 bits per heavy atom. The zero-order valence-electron chi connectivity index (χ0n) is 22.9. The molecule has 1 atom stereocenters. The normalized spacial score (nSPS) is 12.5. The Balaban J connectivity index is 1.48. The topological polar surface area (TPSA) is 108 Å². The molecular weight excluding hydrogens is 490 g/mol. The summed E-state index contributed by atoms with van der Waals surface area (Å²) >= 11 is 0. The first-order chi connectivity index (χ1) is 18.6. The molecule has 0 spiro atoms. The summed E-state index contributed by atoms with van der Waals surface area (Å²) in [7, 11) is 0. The summed E-state index contributed by atoms with van der Waals surface area (Å²) in [5, 5.41) is 29.7. The van der Waals surface area contributed by atoms with Gasteiger partial charge in [-0.25, -0.2) is 4.98 Å². The fourth-order valence-electron chi connectivity index (χ4n) is 4.76. The summed E-state index contributed by atoms with van der Waals surface area (Å²) in [6.45, 7) is 7.26. The van der Waals surface area contributed by atoms with E-state index < -0.39 is 5.60 Å². The van der Waals surface area contributed by atoms with Crippen molar-refractivity contribution >= 4 is 11.4 Å². The van der Waals surface area contributed by atoms with Crippen LogP contribution >= 0.6 is 0 Å². The number of Topliss-reactive ketones (excluding diaryl/α,β-unsaturated/α-hetero) is 1. The van der Waals surface area contributed by atoms with Crippen molar-refractivity contribution in [3.63, 3.8) is 0 Å². The Hall–Kier alpha value is -3.99. The molecule has 0 aliphatic heterocycles. The molecule has 4 aromatic rings. The van der Waals surface area contributed by atoms with E-state index >= 15 is 0 Å². The van der Waals surface area contributed by atoms with Gasteiger partial charge in [0.15, 0.2) is 5.78 Å². The molecule has 39 heavy (non-hydrogen) atoms. The molecule has 4 rings (SSSR count). The lowest BCUT2D eigenvalue weighted by molar-refractivity contribution is 0.0796. The minimum Gasteiger partial charge on any atom is -0.490 e. The highest BCUT2D eigenvalue weighted by atomic mass is 16.5. The van der Waals surface area contributed by atoms with Gasteiger partial charge in [-0.2, -0.15) is 5.26 Å². The molecule has 7 heteroatoms. The number of carbonyl (C=O) groups is 1. The highest BCUT2D eigenvalue weighted by Crippen LogP contribution is 2.28. The number of hydrogen-bond donors (Lipinski definition) is 2. The first-order valence-corrected chi connectivity index (χ1v) is 13.2. The third kappa shape index (κ3) is 6.72. The lowest BCUT2D eigenvalue weighted by Gasteiger charge is -2.17. The Kier molecular flexibility index (Phi) is 8.49. The lowest BCUT2D eigenvalue weighted by Crippen LogP contribution is -2.16. The smallest absolute Gasteiger partial charge is 0.163 e. The summed E-state index contributed by atoms with van der Waals surface area (Å²) < 4.78 is 7.58. The van der Waals surface area contributed by atoms with E-state index in [4.69, 9.17) is 9.72 Å². The molecular formula is C32H35N3O4. The number of nitrogens with zero attached hydrogens (tertiary/aromatic N) is 3. The number of ether oxygens (including phenoxy) is 1. The largest absolute Gasteiger partial charge is 0.490 e. The van der Waals surface area contributed by atoms with E-state index in [-0.39, 0.29) is 30.8 Å². The average Bonchev–Trinajstić information content (AvgIpc) is 3.33. The second-order valence-corrected chi connectivity index (χ2v) is 10.7. The number of carbonyl (C=O) groups excluding carboxylic acids is 1. The molecule has 2 N–H and O–H groups in total. The van der Waals surface area contributed by atoms with E-state index in [1.54, 1.807) is 32.0 Å². The summed E-state index contributed by atoms with van der Waals surface area (Å²) in [5.41, 5.74) is 4.09.